The summed E-state index contributed by atoms with van der Waals surface area (Å²) < 4.78 is 18.1. The van der Waals surface area contributed by atoms with Crippen molar-refractivity contribution in [2.75, 3.05) is 20.7 Å². The molecule has 0 unspecified atom stereocenters. The van der Waals surface area contributed by atoms with Gasteiger partial charge in [-0.25, -0.2) is 4.39 Å². The molecule has 0 saturated carbocycles. The molecule has 0 spiro atoms. The predicted octanol–water partition coefficient (Wildman–Crippen LogP) is 1.89. The molecule has 1 aromatic rings. The molecule has 0 aromatic heterocycles. The van der Waals surface area contributed by atoms with E-state index in [0.29, 0.717) is 0 Å². The summed E-state index contributed by atoms with van der Waals surface area (Å²) >= 11 is 5.74. The average molecular weight is 232 g/mol. The second-order valence-corrected chi connectivity index (χ2v) is 3.33. The first-order chi connectivity index (χ1) is 7.10. The highest BCUT2D eigenvalue weighted by molar-refractivity contribution is 6.32. The van der Waals surface area contributed by atoms with Crippen LogP contribution in [0.1, 0.15) is 10.4 Å². The molecular formula is C10H11ClFNO2. The Morgan fingerprint density at radius 2 is 2.27 bits per heavy atom. The molecule has 82 valence electrons. The van der Waals surface area contributed by atoms with Gasteiger partial charge in [-0.15, -0.1) is 0 Å². The second-order valence-electron chi connectivity index (χ2n) is 2.93. The van der Waals surface area contributed by atoms with Crippen molar-refractivity contribution in [3.8, 4) is 5.75 Å². The Labute approximate surface area is 92.2 Å². The Morgan fingerprint density at radius 3 is 2.73 bits per heavy atom. The minimum Gasteiger partial charge on any atom is -0.492 e. The van der Waals surface area contributed by atoms with E-state index in [0.717, 1.165) is 6.07 Å². The van der Waals surface area contributed by atoms with Crippen LogP contribution in [-0.4, -0.2) is 26.5 Å². The fourth-order valence-electron chi connectivity index (χ4n) is 1.18. The molecule has 3 nitrogen and oxygen atoms in total. The van der Waals surface area contributed by atoms with Crippen molar-refractivity contribution in [2.24, 2.45) is 0 Å². The molecule has 0 saturated heterocycles. The number of hydrogen-bond acceptors (Lipinski definition) is 3. The first-order valence-corrected chi connectivity index (χ1v) is 4.68. The summed E-state index contributed by atoms with van der Waals surface area (Å²) in [6.07, 6.45) is 0. The molecule has 15 heavy (non-hydrogen) atoms. The molecule has 5 heteroatoms. The third-order valence-corrected chi connectivity index (χ3v) is 2.14. The Balaban J connectivity index is 3.08. The van der Waals surface area contributed by atoms with E-state index in [-0.39, 0.29) is 28.7 Å². The first kappa shape index (κ1) is 11.9. The summed E-state index contributed by atoms with van der Waals surface area (Å²) in [6, 6.07) is 2.51. The van der Waals surface area contributed by atoms with Crippen LogP contribution in [0.15, 0.2) is 12.1 Å². The lowest BCUT2D eigenvalue weighted by Gasteiger charge is -2.06. The van der Waals surface area contributed by atoms with Gasteiger partial charge >= 0.3 is 0 Å². The van der Waals surface area contributed by atoms with Crippen LogP contribution in [0.2, 0.25) is 5.02 Å². The van der Waals surface area contributed by atoms with Crippen molar-refractivity contribution in [2.45, 2.75) is 0 Å². The monoisotopic (exact) mass is 231 g/mol. The largest absolute Gasteiger partial charge is 0.492 e. The molecule has 0 radical (unpaired) electrons. The zero-order valence-corrected chi connectivity index (χ0v) is 9.19. The SMILES string of the molecule is CNCC(=O)c1cc(F)c(OC)c(Cl)c1. The molecule has 1 N–H and O–H groups in total. The van der Waals surface area contributed by atoms with E-state index in [1.807, 2.05) is 0 Å². The van der Waals surface area contributed by atoms with Crippen molar-refractivity contribution in [3.63, 3.8) is 0 Å². The molecule has 0 amide bonds. The molecule has 0 atom stereocenters. The third-order valence-electron chi connectivity index (χ3n) is 1.86. The van der Waals surface area contributed by atoms with Gasteiger partial charge in [0, 0.05) is 5.56 Å². The van der Waals surface area contributed by atoms with Crippen molar-refractivity contribution in [1.82, 2.24) is 5.32 Å². The molecule has 1 aromatic carbocycles. The predicted molar refractivity (Wildman–Crippen MR) is 56.2 cm³/mol. The van der Waals surface area contributed by atoms with E-state index in [1.54, 1.807) is 7.05 Å². The van der Waals surface area contributed by atoms with Gasteiger partial charge in [0.1, 0.15) is 0 Å². The molecule has 0 fully saturated rings. The number of Topliss-reactive ketones (excluding diaryl/α,β-unsaturated/α-hetero) is 1. The van der Waals surface area contributed by atoms with Gasteiger partial charge in [0.25, 0.3) is 0 Å². The van der Waals surface area contributed by atoms with Crippen LogP contribution in [0.3, 0.4) is 0 Å². The lowest BCUT2D eigenvalue weighted by Crippen LogP contribution is -2.18. The van der Waals surface area contributed by atoms with E-state index >= 15 is 0 Å². The van der Waals surface area contributed by atoms with E-state index < -0.39 is 5.82 Å². The van der Waals surface area contributed by atoms with Gasteiger partial charge in [0.05, 0.1) is 18.7 Å². The highest BCUT2D eigenvalue weighted by Crippen LogP contribution is 2.28. The Bertz CT molecular complexity index is 359. The van der Waals surface area contributed by atoms with Crippen LogP contribution in [-0.2, 0) is 0 Å². The molecular weight excluding hydrogens is 221 g/mol. The molecule has 0 heterocycles. The summed E-state index contributed by atoms with van der Waals surface area (Å²) in [6.45, 7) is 0.141. The van der Waals surface area contributed by atoms with Gasteiger partial charge in [-0.05, 0) is 19.2 Å². The normalized spacial score (nSPS) is 10.1. The number of benzene rings is 1. The van der Waals surface area contributed by atoms with Crippen molar-refractivity contribution in [3.05, 3.63) is 28.5 Å². The van der Waals surface area contributed by atoms with Crippen molar-refractivity contribution in [1.29, 1.82) is 0 Å². The summed E-state index contributed by atoms with van der Waals surface area (Å²) in [5.74, 6) is -0.900. The number of ketones is 1. The highest BCUT2D eigenvalue weighted by Gasteiger charge is 2.13. The number of rotatable bonds is 4. The maximum atomic E-state index is 13.3. The van der Waals surface area contributed by atoms with Crippen LogP contribution >= 0.6 is 11.6 Å². The number of hydrogen-bond donors (Lipinski definition) is 1. The number of nitrogens with one attached hydrogen (secondary N) is 1. The van der Waals surface area contributed by atoms with Crippen LogP contribution in [0.5, 0.6) is 5.75 Å². The van der Waals surface area contributed by atoms with E-state index in [4.69, 9.17) is 16.3 Å². The lowest BCUT2D eigenvalue weighted by atomic mass is 10.1. The van der Waals surface area contributed by atoms with E-state index in [9.17, 15) is 9.18 Å². The Morgan fingerprint density at radius 1 is 1.60 bits per heavy atom. The van der Waals surface area contributed by atoms with Crippen molar-refractivity contribution < 1.29 is 13.9 Å². The number of likely N-dealkylation sites (N-methyl/N-ethyl adjacent to an activating group) is 1. The van der Waals surface area contributed by atoms with Gasteiger partial charge < -0.3 is 10.1 Å². The van der Waals surface area contributed by atoms with Crippen LogP contribution < -0.4 is 10.1 Å². The van der Waals surface area contributed by atoms with Gasteiger partial charge in [0.2, 0.25) is 0 Å². The third kappa shape index (κ3) is 2.67. The molecule has 0 aliphatic rings. The number of carbonyl (C=O) groups is 1. The van der Waals surface area contributed by atoms with Crippen molar-refractivity contribution >= 4 is 17.4 Å². The average Bonchev–Trinajstić information content (AvgIpc) is 2.17. The van der Waals surface area contributed by atoms with Crippen LogP contribution in [0.25, 0.3) is 0 Å². The smallest absolute Gasteiger partial charge is 0.176 e. The fourth-order valence-corrected chi connectivity index (χ4v) is 1.46. The molecule has 0 aliphatic carbocycles. The number of ether oxygens (including phenoxy) is 1. The quantitative estimate of drug-likeness (QED) is 0.805. The zero-order chi connectivity index (χ0) is 11.4. The number of methoxy groups -OCH3 is 1. The fraction of sp³-hybridized carbons (Fsp3) is 0.300. The standard InChI is InChI=1S/C10H11ClFNO2/c1-13-5-9(14)6-3-7(11)10(15-2)8(12)4-6/h3-4,13H,5H2,1-2H3. The van der Waals surface area contributed by atoms with Gasteiger partial charge in [-0.1, -0.05) is 11.6 Å². The first-order valence-electron chi connectivity index (χ1n) is 4.31. The van der Waals surface area contributed by atoms with Crippen LogP contribution in [0, 0.1) is 5.82 Å². The summed E-state index contributed by atoms with van der Waals surface area (Å²) in [7, 11) is 2.96. The van der Waals surface area contributed by atoms with Gasteiger partial charge in [0.15, 0.2) is 17.3 Å². The van der Waals surface area contributed by atoms with E-state index in [2.05, 4.69) is 5.32 Å². The summed E-state index contributed by atoms with van der Waals surface area (Å²) in [5, 5.41) is 2.78. The zero-order valence-electron chi connectivity index (χ0n) is 8.43. The van der Waals surface area contributed by atoms with Gasteiger partial charge in [-0.3, -0.25) is 4.79 Å². The lowest BCUT2D eigenvalue weighted by molar-refractivity contribution is 0.0993. The Hall–Kier alpha value is -1.13. The number of halogens is 2. The maximum Gasteiger partial charge on any atom is 0.176 e. The minimum absolute atomic E-state index is 0.0438. The van der Waals surface area contributed by atoms with Gasteiger partial charge in [-0.2, -0.15) is 0 Å². The topological polar surface area (TPSA) is 38.3 Å². The number of carbonyl (C=O) groups excluding carboxylic acids is 1. The highest BCUT2D eigenvalue weighted by atomic mass is 35.5. The van der Waals surface area contributed by atoms with E-state index in [1.165, 1.54) is 13.2 Å². The maximum absolute atomic E-state index is 13.3. The Kier molecular flexibility index (Phi) is 4.05. The second kappa shape index (κ2) is 5.09. The minimum atomic E-state index is -0.635. The molecule has 0 bridgehead atoms. The molecule has 0 aliphatic heterocycles. The summed E-state index contributed by atoms with van der Waals surface area (Å²) in [4.78, 5) is 11.4. The summed E-state index contributed by atoms with van der Waals surface area (Å²) in [5.41, 5.74) is 0.229. The molecule has 1 rings (SSSR count). The van der Waals surface area contributed by atoms with Crippen LogP contribution in [0.4, 0.5) is 4.39 Å².